The lowest BCUT2D eigenvalue weighted by Crippen LogP contribution is -2.17. The first-order valence-electron chi connectivity index (χ1n) is 5.38. The van der Waals surface area contributed by atoms with Crippen LogP contribution in [0.1, 0.15) is 37.8 Å². The van der Waals surface area contributed by atoms with E-state index in [0.29, 0.717) is 5.92 Å². The van der Waals surface area contributed by atoms with Crippen molar-refractivity contribution in [2.75, 3.05) is 18.5 Å². The highest BCUT2D eigenvalue weighted by atomic mass is 15.1. The van der Waals surface area contributed by atoms with Crippen molar-refractivity contribution in [2.45, 2.75) is 33.6 Å². The van der Waals surface area contributed by atoms with Crippen molar-refractivity contribution >= 4 is 5.69 Å². The molecule has 1 heteroatoms. The highest BCUT2D eigenvalue weighted by Crippen LogP contribution is 2.26. The van der Waals surface area contributed by atoms with Gasteiger partial charge in [-0.2, -0.15) is 0 Å². The molecule has 0 spiro atoms. The number of benzene rings is 1. The molecule has 1 nitrogen and oxygen atoms in total. The van der Waals surface area contributed by atoms with E-state index < -0.39 is 0 Å². The smallest absolute Gasteiger partial charge is 0.0396 e. The Labute approximate surface area is 87.7 Å². The molecule has 0 bridgehead atoms. The van der Waals surface area contributed by atoms with Crippen LogP contribution in [0.3, 0.4) is 0 Å². The first-order valence-corrected chi connectivity index (χ1v) is 5.38. The molecule has 0 aliphatic heterocycles. The van der Waals surface area contributed by atoms with E-state index >= 15 is 0 Å². The summed E-state index contributed by atoms with van der Waals surface area (Å²) in [6.45, 7) is 9.96. The van der Waals surface area contributed by atoms with Crippen LogP contribution in [-0.4, -0.2) is 13.6 Å². The summed E-state index contributed by atoms with van der Waals surface area (Å²) in [5.74, 6) is 0.611. The van der Waals surface area contributed by atoms with E-state index in [0.717, 1.165) is 6.54 Å². The molecule has 0 saturated heterocycles. The SMILES string of the molecule is CCN(C)c1cccc(C(C)C)c1C. The van der Waals surface area contributed by atoms with Gasteiger partial charge in [0.1, 0.15) is 0 Å². The number of nitrogens with zero attached hydrogens (tertiary/aromatic N) is 1. The van der Waals surface area contributed by atoms with Gasteiger partial charge in [-0.15, -0.1) is 0 Å². The van der Waals surface area contributed by atoms with Crippen LogP contribution in [0.15, 0.2) is 18.2 Å². The van der Waals surface area contributed by atoms with E-state index in [9.17, 15) is 0 Å². The Bertz CT molecular complexity index is 302. The van der Waals surface area contributed by atoms with Gasteiger partial charge >= 0.3 is 0 Å². The first-order chi connectivity index (χ1) is 6.57. The van der Waals surface area contributed by atoms with E-state index in [2.05, 4.69) is 57.8 Å². The lowest BCUT2D eigenvalue weighted by Gasteiger charge is -2.22. The molecule has 1 aromatic carbocycles. The van der Waals surface area contributed by atoms with Gasteiger partial charge in [-0.1, -0.05) is 26.0 Å². The lowest BCUT2D eigenvalue weighted by molar-refractivity contribution is 0.850. The van der Waals surface area contributed by atoms with Crippen molar-refractivity contribution in [2.24, 2.45) is 0 Å². The molecular formula is C13H21N. The second-order valence-electron chi connectivity index (χ2n) is 4.16. The van der Waals surface area contributed by atoms with Crippen molar-refractivity contribution in [3.8, 4) is 0 Å². The van der Waals surface area contributed by atoms with Crippen LogP contribution in [0.5, 0.6) is 0 Å². The monoisotopic (exact) mass is 191 g/mol. The number of hydrogen-bond donors (Lipinski definition) is 0. The molecule has 0 atom stereocenters. The van der Waals surface area contributed by atoms with Gasteiger partial charge in [0.05, 0.1) is 0 Å². The van der Waals surface area contributed by atoms with Crippen LogP contribution in [-0.2, 0) is 0 Å². The van der Waals surface area contributed by atoms with Crippen LogP contribution >= 0.6 is 0 Å². The summed E-state index contributed by atoms with van der Waals surface area (Å²) in [4.78, 5) is 2.29. The predicted octanol–water partition coefficient (Wildman–Crippen LogP) is 3.57. The zero-order valence-electron chi connectivity index (χ0n) is 9.96. The normalized spacial score (nSPS) is 10.7. The molecule has 0 aliphatic carbocycles. The summed E-state index contributed by atoms with van der Waals surface area (Å²) < 4.78 is 0. The molecule has 0 saturated carbocycles. The minimum absolute atomic E-state index is 0.611. The Morgan fingerprint density at radius 1 is 1.29 bits per heavy atom. The topological polar surface area (TPSA) is 3.24 Å². The highest BCUT2D eigenvalue weighted by Gasteiger charge is 2.08. The van der Waals surface area contributed by atoms with E-state index in [-0.39, 0.29) is 0 Å². The van der Waals surface area contributed by atoms with Gasteiger partial charge in [-0.05, 0) is 37.0 Å². The Morgan fingerprint density at radius 2 is 1.93 bits per heavy atom. The first kappa shape index (κ1) is 11.1. The highest BCUT2D eigenvalue weighted by molar-refractivity contribution is 5.56. The number of hydrogen-bond acceptors (Lipinski definition) is 1. The molecule has 0 aromatic heterocycles. The summed E-state index contributed by atoms with van der Waals surface area (Å²) in [5.41, 5.74) is 4.24. The van der Waals surface area contributed by atoms with Crippen LogP contribution in [0, 0.1) is 6.92 Å². The van der Waals surface area contributed by atoms with E-state index in [1.54, 1.807) is 0 Å². The van der Waals surface area contributed by atoms with E-state index in [4.69, 9.17) is 0 Å². The Morgan fingerprint density at radius 3 is 2.43 bits per heavy atom. The van der Waals surface area contributed by atoms with Crippen molar-refractivity contribution in [1.29, 1.82) is 0 Å². The molecule has 14 heavy (non-hydrogen) atoms. The zero-order chi connectivity index (χ0) is 10.7. The van der Waals surface area contributed by atoms with Gasteiger partial charge < -0.3 is 4.90 Å². The molecule has 1 aromatic rings. The fourth-order valence-corrected chi connectivity index (χ4v) is 1.85. The molecule has 0 N–H and O–H groups in total. The van der Waals surface area contributed by atoms with Gasteiger partial charge in [-0.3, -0.25) is 0 Å². The second kappa shape index (κ2) is 4.50. The molecular weight excluding hydrogens is 170 g/mol. The second-order valence-corrected chi connectivity index (χ2v) is 4.16. The maximum absolute atomic E-state index is 2.29. The minimum Gasteiger partial charge on any atom is -0.375 e. The number of rotatable bonds is 3. The molecule has 0 fully saturated rings. The van der Waals surface area contributed by atoms with Crippen LogP contribution < -0.4 is 4.90 Å². The summed E-state index contributed by atoms with van der Waals surface area (Å²) in [5, 5.41) is 0. The van der Waals surface area contributed by atoms with Gasteiger partial charge in [-0.25, -0.2) is 0 Å². The standard InChI is InChI=1S/C13H21N/c1-6-14(5)13-9-7-8-12(10(2)3)11(13)4/h7-10H,6H2,1-5H3. The van der Waals surface area contributed by atoms with Gasteiger partial charge in [0.2, 0.25) is 0 Å². The Balaban J connectivity index is 3.13. The maximum Gasteiger partial charge on any atom is 0.0396 e. The largest absolute Gasteiger partial charge is 0.375 e. The van der Waals surface area contributed by atoms with Gasteiger partial charge in [0.25, 0.3) is 0 Å². The third kappa shape index (κ3) is 2.09. The molecule has 1 rings (SSSR count). The van der Waals surface area contributed by atoms with Crippen molar-refractivity contribution in [3.05, 3.63) is 29.3 Å². The van der Waals surface area contributed by atoms with E-state index in [1.165, 1.54) is 16.8 Å². The van der Waals surface area contributed by atoms with Gasteiger partial charge in [0.15, 0.2) is 0 Å². The summed E-state index contributed by atoms with van der Waals surface area (Å²) >= 11 is 0. The third-order valence-corrected chi connectivity index (χ3v) is 2.85. The fourth-order valence-electron chi connectivity index (χ4n) is 1.85. The third-order valence-electron chi connectivity index (χ3n) is 2.85. The maximum atomic E-state index is 2.29. The Kier molecular flexibility index (Phi) is 3.56. The molecule has 0 radical (unpaired) electrons. The summed E-state index contributed by atoms with van der Waals surface area (Å²) in [7, 11) is 2.15. The average Bonchev–Trinajstić information content (AvgIpc) is 2.16. The van der Waals surface area contributed by atoms with Crippen molar-refractivity contribution in [3.63, 3.8) is 0 Å². The lowest BCUT2D eigenvalue weighted by atomic mass is 9.96. The van der Waals surface area contributed by atoms with E-state index in [1.807, 2.05) is 0 Å². The van der Waals surface area contributed by atoms with Crippen molar-refractivity contribution in [1.82, 2.24) is 0 Å². The zero-order valence-corrected chi connectivity index (χ0v) is 9.96. The fraction of sp³-hybridized carbons (Fsp3) is 0.538. The molecule has 0 aliphatic rings. The molecule has 78 valence electrons. The van der Waals surface area contributed by atoms with Crippen LogP contribution in [0.2, 0.25) is 0 Å². The molecule has 0 heterocycles. The molecule has 0 amide bonds. The molecule has 0 unspecified atom stereocenters. The van der Waals surface area contributed by atoms with Crippen molar-refractivity contribution < 1.29 is 0 Å². The quantitative estimate of drug-likeness (QED) is 0.706. The average molecular weight is 191 g/mol. The number of anilines is 1. The Hall–Kier alpha value is -0.980. The van der Waals surface area contributed by atoms with Crippen LogP contribution in [0.4, 0.5) is 5.69 Å². The summed E-state index contributed by atoms with van der Waals surface area (Å²) in [6.07, 6.45) is 0. The van der Waals surface area contributed by atoms with Crippen LogP contribution in [0.25, 0.3) is 0 Å². The van der Waals surface area contributed by atoms with Gasteiger partial charge in [0, 0.05) is 19.3 Å². The predicted molar refractivity (Wildman–Crippen MR) is 64.2 cm³/mol. The summed E-state index contributed by atoms with van der Waals surface area (Å²) in [6, 6.07) is 6.58. The minimum atomic E-state index is 0.611.